The van der Waals surface area contributed by atoms with Gasteiger partial charge >= 0.3 is 71.5 Å². The molecule has 228 valence electrons. The van der Waals surface area contributed by atoms with Crippen LogP contribution >= 0.6 is 0 Å². The third-order valence-corrected chi connectivity index (χ3v) is 4.75. The van der Waals surface area contributed by atoms with Crippen LogP contribution in [0, 0.1) is 0 Å². The molecule has 0 N–H and O–H groups in total. The van der Waals surface area contributed by atoms with Crippen molar-refractivity contribution in [2.24, 2.45) is 0 Å². The molecule has 39 heavy (non-hydrogen) atoms. The summed E-state index contributed by atoms with van der Waals surface area (Å²) in [5.74, 6) is -69.3. The molecule has 0 bridgehead atoms. The molecule has 0 saturated carbocycles. The molecule has 2 aliphatic rings. The predicted molar refractivity (Wildman–Crippen MR) is 69.0 cm³/mol. The van der Waals surface area contributed by atoms with Crippen molar-refractivity contribution in [3.8, 4) is 0 Å². The highest BCUT2D eigenvalue weighted by molar-refractivity contribution is 5.24. The van der Waals surface area contributed by atoms with E-state index in [1.807, 2.05) is 9.47 Å². The van der Waals surface area contributed by atoms with Crippen LogP contribution in [0.4, 0.5) is 96.6 Å². The van der Waals surface area contributed by atoms with Gasteiger partial charge in [0.1, 0.15) is 0 Å². The summed E-state index contributed by atoms with van der Waals surface area (Å²) in [4.78, 5) is 0. The van der Waals surface area contributed by atoms with Crippen LogP contribution in [-0.2, 0) is 14.2 Å². The van der Waals surface area contributed by atoms with Crippen LogP contribution in [0.3, 0.4) is 0 Å². The lowest BCUT2D eigenvalue weighted by molar-refractivity contribution is -0.371. The smallest absolute Gasteiger partial charge is 0.400 e. The van der Waals surface area contributed by atoms with E-state index in [1.165, 1.54) is 0 Å². The van der Waals surface area contributed by atoms with Gasteiger partial charge in [0.05, 0.1) is 0 Å². The molecule has 2 saturated heterocycles. The van der Waals surface area contributed by atoms with Crippen molar-refractivity contribution in [1.29, 1.82) is 0 Å². The van der Waals surface area contributed by atoms with Crippen molar-refractivity contribution in [3.05, 3.63) is 23.7 Å². The summed E-state index contributed by atoms with van der Waals surface area (Å²) in [6.45, 7) is 0. The molecule has 0 spiro atoms. The van der Waals surface area contributed by atoms with Crippen LogP contribution in [0.25, 0.3) is 0 Å². The van der Waals surface area contributed by atoms with E-state index in [2.05, 4.69) is 4.74 Å². The molecule has 2 rings (SSSR count). The third-order valence-electron chi connectivity index (χ3n) is 4.75. The van der Waals surface area contributed by atoms with Crippen molar-refractivity contribution >= 4 is 0 Å². The number of ether oxygens (including phenoxy) is 3. The van der Waals surface area contributed by atoms with E-state index in [-0.39, 0.29) is 0 Å². The highest BCUT2D eigenvalue weighted by atomic mass is 19.4. The SMILES string of the molecule is FC(OC(F)=C(F)C(F)(F)C1(F)OC(F)(F)C(F)(F)C1(F)F)=C(F)C(F)(F)C1(F)OC(F)(F)C(F)(F)C1(F)F. The van der Waals surface area contributed by atoms with Crippen molar-refractivity contribution in [3.63, 3.8) is 0 Å². The fourth-order valence-electron chi connectivity index (χ4n) is 2.60. The van der Waals surface area contributed by atoms with E-state index < -0.39 is 83.1 Å². The van der Waals surface area contributed by atoms with Crippen LogP contribution in [0.1, 0.15) is 0 Å². The van der Waals surface area contributed by atoms with Gasteiger partial charge in [-0.05, 0) is 0 Å². The van der Waals surface area contributed by atoms with Gasteiger partial charge in [0.25, 0.3) is 0 Å². The zero-order valence-corrected chi connectivity index (χ0v) is 16.5. The first-order valence-corrected chi connectivity index (χ1v) is 8.38. The molecular formula is C14F22O3. The zero-order chi connectivity index (χ0) is 31.4. The molecule has 0 amide bonds. The summed E-state index contributed by atoms with van der Waals surface area (Å²) in [5, 5.41) is 0. The summed E-state index contributed by atoms with van der Waals surface area (Å²) in [6.07, 6.45) is -13.9. The first kappa shape index (κ1) is 32.9. The molecule has 2 unspecified atom stereocenters. The minimum atomic E-state index is -7.55. The maximum atomic E-state index is 13.9. The van der Waals surface area contributed by atoms with Crippen LogP contribution in [0.15, 0.2) is 23.7 Å². The van der Waals surface area contributed by atoms with E-state index in [9.17, 15) is 96.6 Å². The van der Waals surface area contributed by atoms with Gasteiger partial charge in [-0.2, -0.15) is 96.6 Å². The van der Waals surface area contributed by atoms with E-state index in [4.69, 9.17) is 0 Å². The lowest BCUT2D eigenvalue weighted by atomic mass is 9.99. The van der Waals surface area contributed by atoms with Crippen molar-refractivity contribution in [1.82, 2.24) is 0 Å². The molecule has 2 aliphatic heterocycles. The van der Waals surface area contributed by atoms with Gasteiger partial charge in [-0.3, -0.25) is 9.47 Å². The van der Waals surface area contributed by atoms with Crippen LogP contribution < -0.4 is 0 Å². The molecule has 25 heteroatoms. The number of hydrogen-bond acceptors (Lipinski definition) is 3. The van der Waals surface area contributed by atoms with Crippen molar-refractivity contribution < 1.29 is 111 Å². The summed E-state index contributed by atoms with van der Waals surface area (Å²) < 4.78 is 298. The predicted octanol–water partition coefficient (Wildman–Crippen LogP) is 7.61. The largest absolute Gasteiger partial charge is 0.428 e. The monoisotopic (exact) mass is 634 g/mol. The number of rotatable bonds is 6. The number of halogens is 22. The van der Waals surface area contributed by atoms with E-state index in [0.29, 0.717) is 0 Å². The van der Waals surface area contributed by atoms with Crippen molar-refractivity contribution in [2.75, 3.05) is 0 Å². The molecular weight excluding hydrogens is 634 g/mol. The summed E-state index contributed by atoms with van der Waals surface area (Å²) >= 11 is 0. The van der Waals surface area contributed by atoms with E-state index in [0.717, 1.165) is 0 Å². The zero-order valence-electron chi connectivity index (χ0n) is 16.5. The highest BCUT2D eigenvalue weighted by Gasteiger charge is 2.97. The third kappa shape index (κ3) is 3.62. The fraction of sp³-hybridized carbons (Fsp3) is 0.714. The summed E-state index contributed by atoms with van der Waals surface area (Å²) in [5.41, 5.74) is 0. The topological polar surface area (TPSA) is 27.7 Å². The molecule has 2 heterocycles. The lowest BCUT2D eigenvalue weighted by Crippen LogP contribution is -2.60. The first-order valence-electron chi connectivity index (χ1n) is 8.38. The summed E-state index contributed by atoms with van der Waals surface area (Å²) in [7, 11) is 0. The Balaban J connectivity index is 2.57. The van der Waals surface area contributed by atoms with Gasteiger partial charge in [0, 0.05) is 0 Å². The van der Waals surface area contributed by atoms with E-state index in [1.54, 1.807) is 0 Å². The van der Waals surface area contributed by atoms with Gasteiger partial charge in [0.15, 0.2) is 0 Å². The summed E-state index contributed by atoms with van der Waals surface area (Å²) in [6, 6.07) is -9.16. The Hall–Kier alpha value is -2.34. The Morgan fingerprint density at radius 1 is 0.436 bits per heavy atom. The van der Waals surface area contributed by atoms with E-state index >= 15 is 0 Å². The second-order valence-corrected chi connectivity index (χ2v) is 7.15. The number of alkyl halides is 18. The molecule has 0 aromatic heterocycles. The molecule has 0 aromatic rings. The second kappa shape index (κ2) is 8.11. The first-order chi connectivity index (χ1) is 16.8. The Morgan fingerprint density at radius 2 is 0.667 bits per heavy atom. The Labute approximate surface area is 195 Å². The molecule has 0 aromatic carbocycles. The second-order valence-electron chi connectivity index (χ2n) is 7.15. The van der Waals surface area contributed by atoms with Crippen LogP contribution in [0.2, 0.25) is 0 Å². The molecule has 3 nitrogen and oxygen atoms in total. The Bertz CT molecular complexity index is 1010. The minimum Gasteiger partial charge on any atom is -0.400 e. The van der Waals surface area contributed by atoms with Gasteiger partial charge in [-0.25, -0.2) is 0 Å². The Morgan fingerprint density at radius 3 is 0.846 bits per heavy atom. The average molecular weight is 634 g/mol. The minimum absolute atomic E-state index is 1.81. The van der Waals surface area contributed by atoms with Gasteiger partial charge in [-0.1, -0.05) is 0 Å². The lowest BCUT2D eigenvalue weighted by Gasteiger charge is -2.32. The van der Waals surface area contributed by atoms with Crippen LogP contribution in [-0.4, -0.2) is 59.5 Å². The average Bonchev–Trinajstić information content (AvgIpc) is 2.91. The molecule has 2 atom stereocenters. The Kier molecular flexibility index (Phi) is 6.84. The molecule has 0 aliphatic carbocycles. The fourth-order valence-corrected chi connectivity index (χ4v) is 2.60. The quantitative estimate of drug-likeness (QED) is 0.223. The molecule has 2 fully saturated rings. The maximum Gasteiger partial charge on any atom is 0.428 e. The van der Waals surface area contributed by atoms with Crippen molar-refractivity contribution in [2.45, 2.75) is 59.5 Å². The van der Waals surface area contributed by atoms with Crippen LogP contribution in [0.5, 0.6) is 0 Å². The van der Waals surface area contributed by atoms with Gasteiger partial charge < -0.3 is 4.74 Å². The number of hydrogen-bond donors (Lipinski definition) is 0. The maximum absolute atomic E-state index is 13.9. The van der Waals surface area contributed by atoms with Gasteiger partial charge in [0.2, 0.25) is 11.7 Å². The highest BCUT2D eigenvalue weighted by Crippen LogP contribution is 2.67. The van der Waals surface area contributed by atoms with Gasteiger partial charge in [-0.15, -0.1) is 0 Å². The molecule has 0 radical (unpaired) electrons. The normalized spacial score (nSPS) is 33.9. The standard InChI is InChI=1S/C14F22O3/c15-1(5(19,20)11(31)7(23,24)9(27,28)13(33,34)38-11)3(17)37-4(18)2(16)6(21,22)12(32)8(25,26)10(29,30)14(35,36)39-12.